The predicted octanol–water partition coefficient (Wildman–Crippen LogP) is 1.93. The average molecular weight is 297 g/mol. The van der Waals surface area contributed by atoms with Crippen molar-refractivity contribution in [1.82, 2.24) is 10.6 Å². The third-order valence-electron chi connectivity index (χ3n) is 4.96. The van der Waals surface area contributed by atoms with Crippen molar-refractivity contribution in [2.75, 3.05) is 33.4 Å². The van der Waals surface area contributed by atoms with Gasteiger partial charge in [-0.1, -0.05) is 12.8 Å². The van der Waals surface area contributed by atoms with E-state index in [9.17, 15) is 0 Å². The fourth-order valence-electron chi connectivity index (χ4n) is 3.83. The highest BCUT2D eigenvalue weighted by Gasteiger charge is 2.56. The molecule has 2 rings (SSSR count). The monoisotopic (exact) mass is 297 g/mol. The van der Waals surface area contributed by atoms with Crippen molar-refractivity contribution < 1.29 is 9.47 Å². The van der Waals surface area contributed by atoms with Gasteiger partial charge in [-0.2, -0.15) is 0 Å². The standard InChI is InChI=1S/C16H31N3O2/c1-4-20-11-10-18-15(17-3)19-13-12-14(21-5-2)16(13)8-6-7-9-16/h13-14H,4-12H2,1-3H3,(H2,17,18,19). The maximum atomic E-state index is 5.95. The number of aliphatic imine (C=N–C) groups is 1. The molecule has 0 bridgehead atoms. The second kappa shape index (κ2) is 7.99. The van der Waals surface area contributed by atoms with Gasteiger partial charge in [0.25, 0.3) is 0 Å². The second-order valence-electron chi connectivity index (χ2n) is 6.01. The molecule has 0 aromatic carbocycles. The van der Waals surface area contributed by atoms with Gasteiger partial charge in [0.05, 0.1) is 12.7 Å². The van der Waals surface area contributed by atoms with Gasteiger partial charge in [0.2, 0.25) is 0 Å². The van der Waals surface area contributed by atoms with Crippen LogP contribution in [0.5, 0.6) is 0 Å². The van der Waals surface area contributed by atoms with Crippen LogP contribution in [0.25, 0.3) is 0 Å². The van der Waals surface area contributed by atoms with Crippen LogP contribution < -0.4 is 10.6 Å². The van der Waals surface area contributed by atoms with Crippen molar-refractivity contribution in [3.8, 4) is 0 Å². The van der Waals surface area contributed by atoms with E-state index in [2.05, 4.69) is 22.5 Å². The van der Waals surface area contributed by atoms with Crippen molar-refractivity contribution in [2.45, 2.75) is 58.1 Å². The van der Waals surface area contributed by atoms with E-state index in [0.717, 1.165) is 32.1 Å². The molecular formula is C16H31N3O2. The number of nitrogens with one attached hydrogen (secondary N) is 2. The van der Waals surface area contributed by atoms with Crippen molar-refractivity contribution in [2.24, 2.45) is 10.4 Å². The van der Waals surface area contributed by atoms with Gasteiger partial charge in [-0.05, 0) is 33.1 Å². The first kappa shape index (κ1) is 16.6. The zero-order valence-electron chi connectivity index (χ0n) is 13.8. The molecule has 0 aromatic heterocycles. The Bertz CT molecular complexity index is 340. The Labute approximate surface area is 128 Å². The van der Waals surface area contributed by atoms with Crippen LogP contribution in [0.2, 0.25) is 0 Å². The summed E-state index contributed by atoms with van der Waals surface area (Å²) in [5.74, 6) is 0.890. The Kier molecular flexibility index (Phi) is 6.30. The van der Waals surface area contributed by atoms with Crippen LogP contribution in [-0.2, 0) is 9.47 Å². The molecule has 5 nitrogen and oxygen atoms in total. The van der Waals surface area contributed by atoms with Gasteiger partial charge in [-0.3, -0.25) is 4.99 Å². The van der Waals surface area contributed by atoms with Gasteiger partial charge < -0.3 is 20.1 Å². The van der Waals surface area contributed by atoms with Gasteiger partial charge in [-0.15, -0.1) is 0 Å². The van der Waals surface area contributed by atoms with E-state index in [1.54, 1.807) is 0 Å². The van der Waals surface area contributed by atoms with Crippen molar-refractivity contribution in [3.63, 3.8) is 0 Å². The molecule has 2 fully saturated rings. The van der Waals surface area contributed by atoms with Gasteiger partial charge >= 0.3 is 0 Å². The summed E-state index contributed by atoms with van der Waals surface area (Å²) < 4.78 is 11.3. The lowest BCUT2D eigenvalue weighted by atomic mass is 9.60. The van der Waals surface area contributed by atoms with Gasteiger partial charge in [0.1, 0.15) is 0 Å². The van der Waals surface area contributed by atoms with Crippen molar-refractivity contribution in [3.05, 3.63) is 0 Å². The Morgan fingerprint density at radius 3 is 2.62 bits per heavy atom. The van der Waals surface area contributed by atoms with E-state index in [-0.39, 0.29) is 0 Å². The highest BCUT2D eigenvalue weighted by atomic mass is 16.5. The molecule has 0 heterocycles. The maximum absolute atomic E-state index is 5.95. The molecule has 0 aromatic rings. The van der Waals surface area contributed by atoms with E-state index >= 15 is 0 Å². The van der Waals surface area contributed by atoms with Gasteiger partial charge in [-0.25, -0.2) is 0 Å². The Hall–Kier alpha value is -0.810. The molecular weight excluding hydrogens is 266 g/mol. The van der Waals surface area contributed by atoms with E-state index in [1.807, 2.05) is 14.0 Å². The molecule has 2 aliphatic rings. The smallest absolute Gasteiger partial charge is 0.191 e. The molecule has 2 aliphatic carbocycles. The zero-order valence-corrected chi connectivity index (χ0v) is 13.8. The van der Waals surface area contributed by atoms with Crippen LogP contribution in [0, 0.1) is 5.41 Å². The normalized spacial score (nSPS) is 27.7. The number of ether oxygens (including phenoxy) is 2. The highest BCUT2D eigenvalue weighted by Crippen LogP contribution is 2.54. The molecule has 2 N–H and O–H groups in total. The van der Waals surface area contributed by atoms with Crippen LogP contribution in [-0.4, -0.2) is 51.5 Å². The summed E-state index contributed by atoms with van der Waals surface area (Å²) >= 11 is 0. The van der Waals surface area contributed by atoms with Crippen LogP contribution in [0.3, 0.4) is 0 Å². The Morgan fingerprint density at radius 2 is 2.00 bits per heavy atom. The molecule has 122 valence electrons. The minimum Gasteiger partial charge on any atom is -0.380 e. The van der Waals surface area contributed by atoms with Crippen LogP contribution in [0.4, 0.5) is 0 Å². The molecule has 0 radical (unpaired) electrons. The third kappa shape index (κ3) is 3.69. The molecule has 0 aliphatic heterocycles. The molecule has 2 unspecified atom stereocenters. The lowest BCUT2D eigenvalue weighted by Crippen LogP contribution is -2.65. The van der Waals surface area contributed by atoms with Gasteiger partial charge in [0, 0.05) is 38.3 Å². The summed E-state index contributed by atoms with van der Waals surface area (Å²) in [6.07, 6.45) is 6.76. The van der Waals surface area contributed by atoms with Crippen molar-refractivity contribution >= 4 is 5.96 Å². The largest absolute Gasteiger partial charge is 0.380 e. The predicted molar refractivity (Wildman–Crippen MR) is 85.7 cm³/mol. The Balaban J connectivity index is 1.83. The SMILES string of the molecule is CCOCCNC(=NC)NC1CC(OCC)C12CCCC2. The van der Waals surface area contributed by atoms with Crippen LogP contribution in [0.1, 0.15) is 46.0 Å². The van der Waals surface area contributed by atoms with Crippen LogP contribution in [0.15, 0.2) is 4.99 Å². The number of rotatable bonds is 7. The fraction of sp³-hybridized carbons (Fsp3) is 0.938. The number of hydrogen-bond donors (Lipinski definition) is 2. The van der Waals surface area contributed by atoms with E-state index in [4.69, 9.17) is 9.47 Å². The maximum Gasteiger partial charge on any atom is 0.191 e. The highest BCUT2D eigenvalue weighted by molar-refractivity contribution is 5.80. The number of hydrogen-bond acceptors (Lipinski definition) is 3. The first-order valence-corrected chi connectivity index (χ1v) is 8.43. The molecule has 5 heteroatoms. The summed E-state index contributed by atoms with van der Waals surface area (Å²) in [5.41, 5.74) is 0.341. The summed E-state index contributed by atoms with van der Waals surface area (Å²) in [4.78, 5) is 4.33. The number of nitrogens with zero attached hydrogens (tertiary/aromatic N) is 1. The minimum atomic E-state index is 0.341. The zero-order chi connectivity index (χ0) is 15.1. The van der Waals surface area contributed by atoms with Crippen molar-refractivity contribution in [1.29, 1.82) is 0 Å². The summed E-state index contributed by atoms with van der Waals surface area (Å²) in [5, 5.41) is 6.93. The third-order valence-corrected chi connectivity index (χ3v) is 4.96. The first-order chi connectivity index (χ1) is 10.3. The average Bonchev–Trinajstić information content (AvgIpc) is 3.01. The Morgan fingerprint density at radius 1 is 1.24 bits per heavy atom. The summed E-state index contributed by atoms with van der Waals surface area (Å²) in [6.45, 7) is 7.20. The van der Waals surface area contributed by atoms with E-state index in [1.165, 1.54) is 25.7 Å². The second-order valence-corrected chi connectivity index (χ2v) is 6.01. The molecule has 2 atom stereocenters. The lowest BCUT2D eigenvalue weighted by molar-refractivity contribution is -0.125. The molecule has 2 saturated carbocycles. The molecule has 1 spiro atoms. The summed E-state index contributed by atoms with van der Waals surface area (Å²) in [7, 11) is 1.83. The fourth-order valence-corrected chi connectivity index (χ4v) is 3.83. The minimum absolute atomic E-state index is 0.341. The number of guanidine groups is 1. The first-order valence-electron chi connectivity index (χ1n) is 8.43. The molecule has 0 amide bonds. The quantitative estimate of drug-likeness (QED) is 0.428. The molecule has 21 heavy (non-hydrogen) atoms. The van der Waals surface area contributed by atoms with E-state index in [0.29, 0.717) is 24.2 Å². The van der Waals surface area contributed by atoms with E-state index < -0.39 is 0 Å². The topological polar surface area (TPSA) is 54.9 Å². The van der Waals surface area contributed by atoms with Gasteiger partial charge in [0.15, 0.2) is 5.96 Å². The summed E-state index contributed by atoms with van der Waals surface area (Å²) in [6, 6.07) is 0.495. The van der Waals surface area contributed by atoms with Crippen LogP contribution >= 0.6 is 0 Å². The molecule has 0 saturated heterocycles. The lowest BCUT2D eigenvalue weighted by Gasteiger charge is -2.54.